The van der Waals surface area contributed by atoms with Gasteiger partial charge in [0.25, 0.3) is 5.91 Å². The molecule has 1 aromatic carbocycles. The molecule has 2 aromatic rings. The van der Waals surface area contributed by atoms with E-state index in [4.69, 9.17) is 4.98 Å². The molecule has 1 heterocycles. The lowest BCUT2D eigenvalue weighted by molar-refractivity contribution is -0.137. The lowest BCUT2D eigenvalue weighted by atomic mass is 9.90. The van der Waals surface area contributed by atoms with Crippen LogP contribution in [0.2, 0.25) is 0 Å². The average Bonchev–Trinajstić information content (AvgIpc) is 2.80. The van der Waals surface area contributed by atoms with Gasteiger partial charge in [0.05, 0.1) is 5.52 Å². The number of amides is 1. The highest BCUT2D eigenvalue weighted by molar-refractivity contribution is 5.90. The normalized spacial score (nSPS) is 17.1. The predicted octanol–water partition coefficient (Wildman–Crippen LogP) is 5.47. The van der Waals surface area contributed by atoms with Crippen LogP contribution < -0.4 is 15.5 Å². The Labute approximate surface area is 211 Å². The van der Waals surface area contributed by atoms with Gasteiger partial charge >= 0.3 is 0 Å². The maximum Gasteiger partial charge on any atom is 0.251 e. The van der Waals surface area contributed by atoms with E-state index in [9.17, 15) is 9.90 Å². The van der Waals surface area contributed by atoms with Gasteiger partial charge in [0.2, 0.25) is 5.95 Å². The third kappa shape index (κ3) is 10.5. The van der Waals surface area contributed by atoms with Crippen LogP contribution >= 0.6 is 0 Å². The summed E-state index contributed by atoms with van der Waals surface area (Å²) in [5.74, 6) is 1.23. The van der Waals surface area contributed by atoms with Crippen LogP contribution in [0.5, 0.6) is 0 Å². The molecule has 35 heavy (non-hydrogen) atoms. The van der Waals surface area contributed by atoms with E-state index in [-0.39, 0.29) is 18.0 Å². The van der Waals surface area contributed by atoms with Gasteiger partial charge in [-0.2, -0.15) is 4.98 Å². The Morgan fingerprint density at radius 2 is 1.69 bits per heavy atom. The molecule has 0 spiro atoms. The highest BCUT2D eigenvalue weighted by Gasteiger charge is 2.29. The standard InChI is InChI=1S/C20H29N5O2.C5H10.C3H6/c1-20(2,27)18(26)21-13-9-11-14(12-10-13)22-19-23-16-8-6-5-7-15(16)17(24-19)25(3)4;1-4-5(2)3;1-3-2/h5-8,13-14,27H,9-12H2,1-4H3,(H,21,26)(H,22,23,24);2,4H2,1,3H3;3H,1H2,2H3. The number of nitrogens with one attached hydrogen (secondary N) is 2. The Hall–Kier alpha value is -2.93. The van der Waals surface area contributed by atoms with Crippen LogP contribution in [0, 0.1) is 0 Å². The Kier molecular flexibility index (Phi) is 12.4. The molecule has 1 aliphatic rings. The summed E-state index contributed by atoms with van der Waals surface area (Å²) in [7, 11) is 3.96. The summed E-state index contributed by atoms with van der Waals surface area (Å²) >= 11 is 0. The molecule has 0 saturated heterocycles. The van der Waals surface area contributed by atoms with E-state index in [1.807, 2.05) is 57.1 Å². The topological polar surface area (TPSA) is 90.4 Å². The van der Waals surface area contributed by atoms with Crippen molar-refractivity contribution in [1.29, 1.82) is 0 Å². The fourth-order valence-electron chi connectivity index (χ4n) is 3.39. The van der Waals surface area contributed by atoms with E-state index in [1.165, 1.54) is 19.4 Å². The summed E-state index contributed by atoms with van der Waals surface area (Å²) in [6.07, 6.45) is 6.44. The molecular formula is C28H45N5O2. The second-order valence-electron chi connectivity index (χ2n) is 9.73. The Bertz CT molecular complexity index is 957. The van der Waals surface area contributed by atoms with Gasteiger partial charge in [-0.25, -0.2) is 4.98 Å². The summed E-state index contributed by atoms with van der Waals surface area (Å²) in [5.41, 5.74) is 0.839. The van der Waals surface area contributed by atoms with Gasteiger partial charge in [0.15, 0.2) is 0 Å². The number of fused-ring (bicyclic) bond motifs is 1. The number of hydrogen-bond acceptors (Lipinski definition) is 6. The number of benzene rings is 1. The minimum absolute atomic E-state index is 0.108. The highest BCUT2D eigenvalue weighted by atomic mass is 16.3. The van der Waals surface area contributed by atoms with Gasteiger partial charge in [0.1, 0.15) is 11.4 Å². The van der Waals surface area contributed by atoms with Crippen LogP contribution in [-0.2, 0) is 4.79 Å². The summed E-state index contributed by atoms with van der Waals surface area (Å²) in [6.45, 7) is 16.1. The number of nitrogens with zero attached hydrogens (tertiary/aromatic N) is 3. The van der Waals surface area contributed by atoms with Gasteiger partial charge in [-0.3, -0.25) is 4.79 Å². The predicted molar refractivity (Wildman–Crippen MR) is 149 cm³/mol. The quantitative estimate of drug-likeness (QED) is 0.472. The van der Waals surface area contributed by atoms with Gasteiger partial charge in [-0.05, 0) is 71.9 Å². The Morgan fingerprint density at radius 3 is 2.17 bits per heavy atom. The van der Waals surface area contributed by atoms with Crippen molar-refractivity contribution >= 4 is 28.6 Å². The summed E-state index contributed by atoms with van der Waals surface area (Å²) in [6, 6.07) is 8.39. The molecule has 3 N–H and O–H groups in total. The number of hydrogen-bond donors (Lipinski definition) is 3. The number of carbonyl (C=O) groups is 1. The lowest BCUT2D eigenvalue weighted by Gasteiger charge is -2.31. The van der Waals surface area contributed by atoms with Crippen molar-refractivity contribution in [3.8, 4) is 0 Å². The SMILES string of the molecule is C=C(C)CC.C=CC.CN(C)c1nc(NC2CCC(NC(=O)C(C)(C)O)CC2)nc2ccccc12. The first-order valence-corrected chi connectivity index (χ1v) is 12.4. The van der Waals surface area contributed by atoms with E-state index < -0.39 is 5.60 Å². The zero-order chi connectivity index (χ0) is 26.6. The van der Waals surface area contributed by atoms with Crippen LogP contribution in [0.3, 0.4) is 0 Å². The first-order valence-electron chi connectivity index (χ1n) is 12.4. The summed E-state index contributed by atoms with van der Waals surface area (Å²) in [5, 5.41) is 17.2. The number of anilines is 2. The molecule has 194 valence electrons. The average molecular weight is 484 g/mol. The van der Waals surface area contributed by atoms with E-state index in [0.29, 0.717) is 5.95 Å². The minimum Gasteiger partial charge on any atom is -0.381 e. The van der Waals surface area contributed by atoms with E-state index >= 15 is 0 Å². The highest BCUT2D eigenvalue weighted by Crippen LogP contribution is 2.26. The van der Waals surface area contributed by atoms with Gasteiger partial charge in [0, 0.05) is 31.6 Å². The molecule has 1 saturated carbocycles. The van der Waals surface area contributed by atoms with Crippen LogP contribution in [0.4, 0.5) is 11.8 Å². The molecule has 1 amide bonds. The number of allylic oxidation sites excluding steroid dienone is 2. The van der Waals surface area contributed by atoms with Crippen LogP contribution in [0.1, 0.15) is 66.7 Å². The van der Waals surface area contributed by atoms with Crippen LogP contribution in [0.25, 0.3) is 10.9 Å². The molecule has 0 bridgehead atoms. The zero-order valence-corrected chi connectivity index (χ0v) is 22.7. The number of rotatable bonds is 6. The van der Waals surface area contributed by atoms with Crippen molar-refractivity contribution in [2.75, 3.05) is 24.3 Å². The van der Waals surface area contributed by atoms with Crippen molar-refractivity contribution < 1.29 is 9.90 Å². The van der Waals surface area contributed by atoms with Crippen LogP contribution in [0.15, 0.2) is 49.1 Å². The molecule has 1 fully saturated rings. The number of aromatic nitrogens is 2. The molecular weight excluding hydrogens is 438 g/mol. The monoisotopic (exact) mass is 483 g/mol. The maximum absolute atomic E-state index is 11.9. The lowest BCUT2D eigenvalue weighted by Crippen LogP contribution is -2.48. The molecule has 0 aliphatic heterocycles. The third-order valence-corrected chi connectivity index (χ3v) is 5.56. The molecule has 7 heteroatoms. The van der Waals surface area contributed by atoms with Crippen molar-refractivity contribution in [2.24, 2.45) is 0 Å². The smallest absolute Gasteiger partial charge is 0.251 e. The fourth-order valence-corrected chi connectivity index (χ4v) is 3.39. The maximum atomic E-state index is 11.9. The molecule has 0 atom stereocenters. The van der Waals surface area contributed by atoms with E-state index in [2.05, 4.69) is 35.7 Å². The van der Waals surface area contributed by atoms with Crippen LogP contribution in [-0.4, -0.2) is 52.8 Å². The van der Waals surface area contributed by atoms with Crippen molar-refractivity contribution in [1.82, 2.24) is 15.3 Å². The molecule has 1 aromatic heterocycles. The van der Waals surface area contributed by atoms with Crippen molar-refractivity contribution in [2.45, 2.75) is 84.4 Å². The number of aliphatic hydroxyl groups is 1. The molecule has 7 nitrogen and oxygen atoms in total. The van der Waals surface area contributed by atoms with E-state index in [1.54, 1.807) is 6.08 Å². The van der Waals surface area contributed by atoms with E-state index in [0.717, 1.165) is 48.8 Å². The zero-order valence-electron chi connectivity index (χ0n) is 22.7. The third-order valence-electron chi connectivity index (χ3n) is 5.56. The van der Waals surface area contributed by atoms with Crippen molar-refractivity contribution in [3.05, 3.63) is 49.1 Å². The molecule has 0 unspecified atom stereocenters. The minimum atomic E-state index is -1.34. The summed E-state index contributed by atoms with van der Waals surface area (Å²) < 4.78 is 0. The Balaban J connectivity index is 0.000000669. The molecule has 0 radical (unpaired) electrons. The first-order chi connectivity index (χ1) is 16.4. The number of para-hydroxylation sites is 1. The largest absolute Gasteiger partial charge is 0.381 e. The second kappa shape index (κ2) is 14.5. The number of carbonyl (C=O) groups excluding carboxylic acids is 1. The van der Waals surface area contributed by atoms with Gasteiger partial charge in [-0.15, -0.1) is 13.2 Å². The van der Waals surface area contributed by atoms with Crippen molar-refractivity contribution in [3.63, 3.8) is 0 Å². The fraction of sp³-hybridized carbons (Fsp3) is 0.536. The van der Waals surface area contributed by atoms with Gasteiger partial charge in [-0.1, -0.05) is 30.7 Å². The van der Waals surface area contributed by atoms with Gasteiger partial charge < -0.3 is 20.6 Å². The molecule has 3 rings (SSSR count). The summed E-state index contributed by atoms with van der Waals surface area (Å²) in [4.78, 5) is 23.3. The Morgan fingerprint density at radius 1 is 1.17 bits per heavy atom. The molecule has 1 aliphatic carbocycles. The second-order valence-corrected chi connectivity index (χ2v) is 9.73. The first kappa shape index (κ1) is 30.1.